The van der Waals surface area contributed by atoms with Crippen LogP contribution in [0.15, 0.2) is 0 Å². The highest BCUT2D eigenvalue weighted by Gasteiger charge is 2.30. The van der Waals surface area contributed by atoms with E-state index in [2.05, 4.69) is 48.5 Å². The molecule has 1 fully saturated rings. The van der Waals surface area contributed by atoms with Crippen molar-refractivity contribution in [3.8, 4) is 0 Å². The Morgan fingerprint density at radius 3 is 2.25 bits per heavy atom. The highest BCUT2D eigenvalue weighted by molar-refractivity contribution is 4.81. The summed E-state index contributed by atoms with van der Waals surface area (Å²) in [5.74, 6) is 4.65. The van der Waals surface area contributed by atoms with E-state index in [-0.39, 0.29) is 0 Å². The first-order valence-corrected chi connectivity index (χ1v) is 9.23. The molecule has 20 heavy (non-hydrogen) atoms. The molecule has 5 unspecified atom stereocenters. The maximum Gasteiger partial charge on any atom is -0.0360 e. The summed E-state index contributed by atoms with van der Waals surface area (Å²) in [6.45, 7) is 17.2. The third-order valence-electron chi connectivity index (χ3n) is 5.66. The minimum absolute atomic E-state index is 0.477. The van der Waals surface area contributed by atoms with Crippen LogP contribution in [0.4, 0.5) is 0 Å². The molecular weight excluding hydrogens is 240 g/mol. The molecule has 0 aromatic rings. The Hall–Kier alpha value is 0. The number of rotatable bonds is 3. The zero-order valence-electron chi connectivity index (χ0n) is 15.3. The average molecular weight is 281 g/mol. The van der Waals surface area contributed by atoms with E-state index in [0.717, 1.165) is 29.6 Å². The van der Waals surface area contributed by atoms with E-state index in [1.807, 2.05) is 0 Å². The van der Waals surface area contributed by atoms with Crippen LogP contribution in [0.2, 0.25) is 0 Å². The third kappa shape index (κ3) is 6.19. The first kappa shape index (κ1) is 18.1. The van der Waals surface area contributed by atoms with Crippen LogP contribution in [0.5, 0.6) is 0 Å². The Kier molecular flexibility index (Phi) is 7.09. The van der Waals surface area contributed by atoms with Gasteiger partial charge in [0.1, 0.15) is 0 Å². The molecule has 120 valence electrons. The summed E-state index contributed by atoms with van der Waals surface area (Å²) in [4.78, 5) is 0. The second-order valence-corrected chi connectivity index (χ2v) is 9.16. The molecule has 0 saturated heterocycles. The topological polar surface area (TPSA) is 0 Å². The molecule has 1 aliphatic carbocycles. The van der Waals surface area contributed by atoms with Crippen LogP contribution in [0.25, 0.3) is 0 Å². The average Bonchev–Trinajstić information content (AvgIpc) is 2.36. The standard InChI is InChI=1S/C20H40/c1-8-18-11-9-10-15(2)12-16(3)19(13-18)17(4)14-20(5,6)7/h15-19H,8-14H2,1-7H3. The van der Waals surface area contributed by atoms with Crippen molar-refractivity contribution in [1.29, 1.82) is 0 Å². The molecular formula is C20H40. The van der Waals surface area contributed by atoms with E-state index in [0.29, 0.717) is 5.41 Å². The number of hydrogen-bond acceptors (Lipinski definition) is 0. The molecule has 0 heteroatoms. The fourth-order valence-corrected chi connectivity index (χ4v) is 4.70. The summed E-state index contributed by atoms with van der Waals surface area (Å²) in [7, 11) is 0. The summed E-state index contributed by atoms with van der Waals surface area (Å²) in [6, 6.07) is 0. The minimum atomic E-state index is 0.477. The molecule has 0 heterocycles. The van der Waals surface area contributed by atoms with Crippen LogP contribution in [0.1, 0.15) is 93.4 Å². The highest BCUT2D eigenvalue weighted by atomic mass is 14.4. The Morgan fingerprint density at radius 1 is 1.05 bits per heavy atom. The van der Waals surface area contributed by atoms with Crippen LogP contribution in [-0.4, -0.2) is 0 Å². The monoisotopic (exact) mass is 280 g/mol. The Bertz CT molecular complexity index is 260. The summed E-state index contributed by atoms with van der Waals surface area (Å²) >= 11 is 0. The zero-order chi connectivity index (χ0) is 15.3. The van der Waals surface area contributed by atoms with Gasteiger partial charge in [-0.25, -0.2) is 0 Å². The Morgan fingerprint density at radius 2 is 1.70 bits per heavy atom. The summed E-state index contributed by atoms with van der Waals surface area (Å²) in [6.07, 6.45) is 10.1. The number of hydrogen-bond donors (Lipinski definition) is 0. The van der Waals surface area contributed by atoms with Crippen molar-refractivity contribution >= 4 is 0 Å². The fourth-order valence-electron chi connectivity index (χ4n) is 4.70. The molecule has 0 radical (unpaired) electrons. The maximum absolute atomic E-state index is 2.54. The molecule has 1 saturated carbocycles. The van der Waals surface area contributed by atoms with E-state index in [1.54, 1.807) is 0 Å². The third-order valence-corrected chi connectivity index (χ3v) is 5.66. The largest absolute Gasteiger partial charge is 0.0651 e. The molecule has 0 nitrogen and oxygen atoms in total. The second kappa shape index (κ2) is 7.85. The first-order chi connectivity index (χ1) is 9.23. The van der Waals surface area contributed by atoms with Gasteiger partial charge in [-0.2, -0.15) is 0 Å². The van der Waals surface area contributed by atoms with Gasteiger partial charge in [-0.15, -0.1) is 0 Å². The Balaban J connectivity index is 2.79. The lowest BCUT2D eigenvalue weighted by atomic mass is 9.70. The van der Waals surface area contributed by atoms with Gasteiger partial charge in [-0.1, -0.05) is 74.1 Å². The van der Waals surface area contributed by atoms with Crippen LogP contribution < -0.4 is 0 Å². The molecule has 0 aliphatic heterocycles. The second-order valence-electron chi connectivity index (χ2n) is 9.16. The van der Waals surface area contributed by atoms with Gasteiger partial charge in [0.15, 0.2) is 0 Å². The van der Waals surface area contributed by atoms with Gasteiger partial charge in [0.05, 0.1) is 0 Å². The van der Waals surface area contributed by atoms with Crippen LogP contribution in [0.3, 0.4) is 0 Å². The lowest BCUT2D eigenvalue weighted by Crippen LogP contribution is -2.26. The van der Waals surface area contributed by atoms with Gasteiger partial charge in [0.2, 0.25) is 0 Å². The highest BCUT2D eigenvalue weighted by Crippen LogP contribution is 2.41. The van der Waals surface area contributed by atoms with Gasteiger partial charge in [-0.3, -0.25) is 0 Å². The van der Waals surface area contributed by atoms with Crippen LogP contribution in [-0.2, 0) is 0 Å². The lowest BCUT2D eigenvalue weighted by Gasteiger charge is -2.36. The van der Waals surface area contributed by atoms with Crippen molar-refractivity contribution in [3.05, 3.63) is 0 Å². The van der Waals surface area contributed by atoms with Gasteiger partial charge in [-0.05, 0) is 54.3 Å². The molecule has 0 N–H and O–H groups in total. The SMILES string of the molecule is CCC1CCCC(C)CC(C)C(C(C)CC(C)(C)C)C1. The predicted molar refractivity (Wildman–Crippen MR) is 91.9 cm³/mol. The lowest BCUT2D eigenvalue weighted by molar-refractivity contribution is 0.145. The quantitative estimate of drug-likeness (QED) is 0.525. The van der Waals surface area contributed by atoms with Crippen molar-refractivity contribution in [2.24, 2.45) is 35.0 Å². The summed E-state index contributed by atoms with van der Waals surface area (Å²) < 4.78 is 0. The minimum Gasteiger partial charge on any atom is -0.0651 e. The Labute approximate surface area is 129 Å². The molecule has 0 aromatic carbocycles. The molecule has 5 atom stereocenters. The van der Waals surface area contributed by atoms with Crippen molar-refractivity contribution in [2.75, 3.05) is 0 Å². The van der Waals surface area contributed by atoms with Crippen molar-refractivity contribution in [1.82, 2.24) is 0 Å². The molecule has 1 rings (SSSR count). The molecule has 0 aromatic heterocycles. The van der Waals surface area contributed by atoms with Gasteiger partial charge in [0.25, 0.3) is 0 Å². The first-order valence-electron chi connectivity index (χ1n) is 9.23. The molecule has 1 aliphatic rings. The van der Waals surface area contributed by atoms with E-state index in [9.17, 15) is 0 Å². The van der Waals surface area contributed by atoms with E-state index in [1.165, 1.54) is 44.9 Å². The van der Waals surface area contributed by atoms with Crippen molar-refractivity contribution in [3.63, 3.8) is 0 Å². The zero-order valence-corrected chi connectivity index (χ0v) is 15.3. The summed E-state index contributed by atoms with van der Waals surface area (Å²) in [5, 5.41) is 0. The fraction of sp³-hybridized carbons (Fsp3) is 1.00. The molecule has 0 bridgehead atoms. The molecule has 0 spiro atoms. The van der Waals surface area contributed by atoms with Crippen molar-refractivity contribution in [2.45, 2.75) is 93.4 Å². The van der Waals surface area contributed by atoms with E-state index >= 15 is 0 Å². The predicted octanol–water partition coefficient (Wildman–Crippen LogP) is 6.94. The molecule has 0 amide bonds. The van der Waals surface area contributed by atoms with Crippen LogP contribution >= 0.6 is 0 Å². The van der Waals surface area contributed by atoms with E-state index in [4.69, 9.17) is 0 Å². The van der Waals surface area contributed by atoms with E-state index < -0.39 is 0 Å². The smallest absolute Gasteiger partial charge is 0.0360 e. The van der Waals surface area contributed by atoms with Gasteiger partial charge in [0, 0.05) is 0 Å². The van der Waals surface area contributed by atoms with Gasteiger partial charge >= 0.3 is 0 Å². The van der Waals surface area contributed by atoms with Crippen molar-refractivity contribution < 1.29 is 0 Å². The maximum atomic E-state index is 2.54. The normalized spacial score (nSPS) is 35.0. The summed E-state index contributed by atoms with van der Waals surface area (Å²) in [5.41, 5.74) is 0.477. The van der Waals surface area contributed by atoms with Crippen LogP contribution in [0, 0.1) is 35.0 Å². The van der Waals surface area contributed by atoms with Gasteiger partial charge < -0.3 is 0 Å².